The Labute approximate surface area is 201 Å². The zero-order chi connectivity index (χ0) is 25.2. The summed E-state index contributed by atoms with van der Waals surface area (Å²) in [5, 5.41) is 2.51. The molecular formula is C23H23N5O6S. The maximum Gasteiger partial charge on any atom is 0.308 e. The van der Waals surface area contributed by atoms with Crippen LogP contribution in [0.1, 0.15) is 17.7 Å². The molecule has 0 bridgehead atoms. The topological polar surface area (TPSA) is 141 Å². The number of hydrogen-bond acceptors (Lipinski definition) is 7. The molecule has 1 aromatic heterocycles. The SMILES string of the molecule is Cc1c(NC(=O)COC(=O)CCN=C2NS(=O)(=O)c3ccccc32)c(=O)n(-c2ccccc2)n1C. The van der Waals surface area contributed by atoms with Crippen molar-refractivity contribution in [3.63, 3.8) is 0 Å². The highest BCUT2D eigenvalue weighted by Gasteiger charge is 2.30. The Hall–Kier alpha value is -4.19. The molecule has 0 aliphatic carbocycles. The standard InChI is InChI=1S/C23H23N5O6S/c1-15-21(23(31)28(27(15)2)16-8-4-3-5-9-16)25-19(29)14-34-20(30)12-13-24-22-17-10-6-7-11-18(17)35(32,33)26-22/h3-11H,12-14H2,1-2H3,(H,24,26)(H,25,29). The Bertz CT molecular complexity index is 1490. The normalized spacial score (nSPS) is 14.9. The molecule has 0 atom stereocenters. The average Bonchev–Trinajstić information content (AvgIpc) is 3.22. The van der Waals surface area contributed by atoms with Crippen molar-refractivity contribution in [3.8, 4) is 5.69 Å². The molecule has 0 saturated heterocycles. The van der Waals surface area contributed by atoms with Crippen LogP contribution in [0.4, 0.5) is 5.69 Å². The summed E-state index contributed by atoms with van der Waals surface area (Å²) in [7, 11) is -1.96. The molecule has 11 nitrogen and oxygen atoms in total. The lowest BCUT2D eigenvalue weighted by atomic mass is 10.2. The van der Waals surface area contributed by atoms with Gasteiger partial charge in [0, 0.05) is 12.6 Å². The van der Waals surface area contributed by atoms with Gasteiger partial charge in [0.2, 0.25) is 0 Å². The van der Waals surface area contributed by atoms with E-state index in [1.807, 2.05) is 6.07 Å². The molecule has 0 spiro atoms. The summed E-state index contributed by atoms with van der Waals surface area (Å²) < 4.78 is 34.5. The van der Waals surface area contributed by atoms with Gasteiger partial charge in [0.05, 0.1) is 29.2 Å². The first-order valence-electron chi connectivity index (χ1n) is 10.6. The fraction of sp³-hybridized carbons (Fsp3) is 0.217. The number of rotatable bonds is 7. The van der Waals surface area contributed by atoms with Crippen LogP contribution in [-0.4, -0.2) is 48.6 Å². The number of esters is 1. The minimum Gasteiger partial charge on any atom is -0.456 e. The lowest BCUT2D eigenvalue weighted by Crippen LogP contribution is -2.26. The van der Waals surface area contributed by atoms with Crippen LogP contribution in [0.25, 0.3) is 5.69 Å². The summed E-state index contributed by atoms with van der Waals surface area (Å²) >= 11 is 0. The van der Waals surface area contributed by atoms with Crippen LogP contribution >= 0.6 is 0 Å². The fourth-order valence-electron chi connectivity index (χ4n) is 3.62. The number of anilines is 1. The molecule has 35 heavy (non-hydrogen) atoms. The number of amidine groups is 1. The molecule has 0 unspecified atom stereocenters. The Morgan fingerprint density at radius 3 is 2.51 bits per heavy atom. The minimum atomic E-state index is -3.66. The number of nitrogens with one attached hydrogen (secondary N) is 2. The van der Waals surface area contributed by atoms with E-state index in [-0.39, 0.29) is 29.4 Å². The Balaban J connectivity index is 1.33. The highest BCUT2D eigenvalue weighted by atomic mass is 32.2. The Morgan fingerprint density at radius 2 is 1.77 bits per heavy atom. The van der Waals surface area contributed by atoms with Crippen molar-refractivity contribution in [2.75, 3.05) is 18.5 Å². The van der Waals surface area contributed by atoms with E-state index in [9.17, 15) is 22.8 Å². The van der Waals surface area contributed by atoms with Gasteiger partial charge in [-0.1, -0.05) is 30.3 Å². The molecule has 182 valence electrons. The maximum atomic E-state index is 12.8. The monoisotopic (exact) mass is 497 g/mol. The summed E-state index contributed by atoms with van der Waals surface area (Å²) in [6.45, 7) is 1.08. The van der Waals surface area contributed by atoms with E-state index in [1.54, 1.807) is 61.1 Å². The van der Waals surface area contributed by atoms with Crippen molar-refractivity contribution >= 4 is 33.4 Å². The molecule has 1 aliphatic rings. The van der Waals surface area contributed by atoms with Crippen LogP contribution in [0.3, 0.4) is 0 Å². The number of para-hydroxylation sites is 1. The van der Waals surface area contributed by atoms with Crippen molar-refractivity contribution in [2.45, 2.75) is 18.2 Å². The molecule has 12 heteroatoms. The predicted octanol–water partition coefficient (Wildman–Crippen LogP) is 1.09. The van der Waals surface area contributed by atoms with Crippen molar-refractivity contribution in [2.24, 2.45) is 12.0 Å². The van der Waals surface area contributed by atoms with Crippen LogP contribution in [-0.2, 0) is 31.4 Å². The summed E-state index contributed by atoms with van der Waals surface area (Å²) in [5.74, 6) is -1.20. The van der Waals surface area contributed by atoms with Gasteiger partial charge in [-0.25, -0.2) is 13.1 Å². The smallest absolute Gasteiger partial charge is 0.308 e. The van der Waals surface area contributed by atoms with E-state index in [4.69, 9.17) is 4.74 Å². The van der Waals surface area contributed by atoms with Gasteiger partial charge >= 0.3 is 5.97 Å². The third kappa shape index (κ3) is 4.87. The summed E-state index contributed by atoms with van der Waals surface area (Å²) in [4.78, 5) is 41.5. The zero-order valence-corrected chi connectivity index (χ0v) is 19.8. The van der Waals surface area contributed by atoms with Crippen LogP contribution in [0, 0.1) is 6.92 Å². The number of amides is 1. The number of nitrogens with zero attached hydrogens (tertiary/aromatic N) is 3. The first kappa shape index (κ1) is 24.0. The zero-order valence-electron chi connectivity index (χ0n) is 19.0. The second kappa shape index (κ2) is 9.58. The quantitative estimate of drug-likeness (QED) is 0.468. The average molecular weight is 498 g/mol. The summed E-state index contributed by atoms with van der Waals surface area (Å²) in [5.41, 5.74) is 1.29. The lowest BCUT2D eigenvalue weighted by molar-refractivity contribution is -0.147. The van der Waals surface area contributed by atoms with Gasteiger partial charge in [-0.15, -0.1) is 0 Å². The first-order valence-corrected chi connectivity index (χ1v) is 12.1. The number of aliphatic imine (C=N–C) groups is 1. The van der Waals surface area contributed by atoms with E-state index in [0.29, 0.717) is 16.9 Å². The Kier molecular flexibility index (Phi) is 6.56. The number of aromatic nitrogens is 2. The number of benzene rings is 2. The molecule has 0 radical (unpaired) electrons. The fourth-order valence-corrected chi connectivity index (χ4v) is 4.87. The molecule has 0 fully saturated rings. The number of carbonyl (C=O) groups excluding carboxylic acids is 2. The van der Waals surface area contributed by atoms with E-state index < -0.39 is 34.1 Å². The van der Waals surface area contributed by atoms with Crippen LogP contribution in [0.5, 0.6) is 0 Å². The van der Waals surface area contributed by atoms with Gasteiger partial charge in [-0.05, 0) is 31.2 Å². The highest BCUT2D eigenvalue weighted by Crippen LogP contribution is 2.22. The molecule has 2 aromatic carbocycles. The van der Waals surface area contributed by atoms with Crippen LogP contribution < -0.4 is 15.6 Å². The number of carbonyl (C=O) groups is 2. The van der Waals surface area contributed by atoms with Gasteiger partial charge < -0.3 is 10.1 Å². The second-order valence-electron chi connectivity index (χ2n) is 7.73. The molecule has 4 rings (SSSR count). The third-order valence-corrected chi connectivity index (χ3v) is 6.83. The number of sulfonamides is 1. The first-order chi connectivity index (χ1) is 16.7. The number of fused-ring (bicyclic) bond motifs is 1. The van der Waals surface area contributed by atoms with Gasteiger partial charge in [0.1, 0.15) is 11.5 Å². The molecule has 2 N–H and O–H groups in total. The van der Waals surface area contributed by atoms with E-state index in [1.165, 1.54) is 10.7 Å². The van der Waals surface area contributed by atoms with Gasteiger partial charge in [0.25, 0.3) is 21.5 Å². The summed E-state index contributed by atoms with van der Waals surface area (Å²) in [6.07, 6.45) is -0.161. The third-order valence-electron chi connectivity index (χ3n) is 5.43. The van der Waals surface area contributed by atoms with Crippen molar-refractivity contribution in [3.05, 3.63) is 76.2 Å². The molecular weight excluding hydrogens is 474 g/mol. The molecule has 3 aromatic rings. The molecule has 1 amide bonds. The van der Waals surface area contributed by atoms with Gasteiger partial charge in [0.15, 0.2) is 6.61 Å². The van der Waals surface area contributed by atoms with E-state index in [0.717, 1.165) is 0 Å². The largest absolute Gasteiger partial charge is 0.456 e. The van der Waals surface area contributed by atoms with E-state index >= 15 is 0 Å². The van der Waals surface area contributed by atoms with Crippen LogP contribution in [0.15, 0.2) is 69.3 Å². The van der Waals surface area contributed by atoms with Crippen molar-refractivity contribution in [1.29, 1.82) is 0 Å². The second-order valence-corrected chi connectivity index (χ2v) is 9.38. The highest BCUT2D eigenvalue weighted by molar-refractivity contribution is 7.90. The predicted molar refractivity (Wildman–Crippen MR) is 128 cm³/mol. The van der Waals surface area contributed by atoms with Gasteiger partial charge in [-0.2, -0.15) is 0 Å². The Morgan fingerprint density at radius 1 is 1.09 bits per heavy atom. The van der Waals surface area contributed by atoms with Gasteiger partial charge in [-0.3, -0.25) is 28.8 Å². The van der Waals surface area contributed by atoms with Crippen molar-refractivity contribution < 1.29 is 22.7 Å². The van der Waals surface area contributed by atoms with E-state index in [2.05, 4.69) is 15.0 Å². The summed E-state index contributed by atoms with van der Waals surface area (Å²) in [6, 6.07) is 15.4. The van der Waals surface area contributed by atoms with Crippen LogP contribution in [0.2, 0.25) is 0 Å². The van der Waals surface area contributed by atoms with Crippen molar-refractivity contribution in [1.82, 2.24) is 14.1 Å². The molecule has 0 saturated carbocycles. The minimum absolute atomic E-state index is 0.0355. The maximum absolute atomic E-state index is 12.8. The molecule has 1 aliphatic heterocycles. The molecule has 2 heterocycles. The number of hydrogen-bond donors (Lipinski definition) is 2. The lowest BCUT2D eigenvalue weighted by Gasteiger charge is -2.07. The number of ether oxygens (including phenoxy) is 1.